The van der Waals surface area contributed by atoms with Gasteiger partial charge in [-0.3, -0.25) is 14.4 Å². The molecule has 0 unspecified atom stereocenters. The van der Waals surface area contributed by atoms with E-state index < -0.39 is 29.8 Å². The number of alkyl halides is 2. The molecule has 4 rings (SSSR count). The number of rotatable bonds is 11. The molecule has 1 atom stereocenters. The molecule has 2 aromatic carbocycles. The third kappa shape index (κ3) is 7.80. The molecule has 1 aliphatic heterocycles. The van der Waals surface area contributed by atoms with E-state index in [2.05, 4.69) is 10.3 Å². The number of likely N-dealkylation sites (N-methyl/N-ethyl adjacent to an activating group) is 1. The summed E-state index contributed by atoms with van der Waals surface area (Å²) in [5, 5.41) is 12.8. The molecule has 1 saturated heterocycles. The van der Waals surface area contributed by atoms with Gasteiger partial charge in [0.25, 0.3) is 18.2 Å². The molecule has 3 aromatic rings. The fraction of sp³-hybridized carbons (Fsp3) is 0.419. The van der Waals surface area contributed by atoms with Crippen molar-refractivity contribution in [3.05, 3.63) is 64.3 Å². The maximum atomic E-state index is 14.7. The topological polar surface area (TPSA) is 121 Å². The number of imidazole rings is 1. The second kappa shape index (κ2) is 15.0. The molecular formula is C31H37ClF3N6O5+. The van der Waals surface area contributed by atoms with Gasteiger partial charge in [-0.05, 0) is 36.8 Å². The summed E-state index contributed by atoms with van der Waals surface area (Å²) < 4.78 is 48.3. The lowest BCUT2D eigenvalue weighted by molar-refractivity contribution is -0.861. The van der Waals surface area contributed by atoms with Crippen LogP contribution in [0.5, 0.6) is 5.75 Å². The highest BCUT2D eigenvalue weighted by molar-refractivity contribution is 6.34. The number of quaternary nitrogens is 1. The number of methoxy groups -OCH3 is 1. The number of halogens is 4. The summed E-state index contributed by atoms with van der Waals surface area (Å²) in [4.78, 5) is 47.3. The number of nitrogens with one attached hydrogen (secondary N) is 2. The highest BCUT2D eigenvalue weighted by Crippen LogP contribution is 2.37. The first-order valence-corrected chi connectivity index (χ1v) is 15.0. The minimum Gasteiger partial charge on any atom is -0.494 e. The number of benzene rings is 2. The van der Waals surface area contributed by atoms with Gasteiger partial charge in [0, 0.05) is 50.9 Å². The van der Waals surface area contributed by atoms with Crippen molar-refractivity contribution in [2.75, 3.05) is 59.2 Å². The normalized spacial score (nSPS) is 14.2. The molecule has 248 valence electrons. The molecule has 46 heavy (non-hydrogen) atoms. The van der Waals surface area contributed by atoms with Crippen LogP contribution < -0.4 is 15.0 Å². The first kappa shape index (κ1) is 34.7. The van der Waals surface area contributed by atoms with Gasteiger partial charge in [-0.1, -0.05) is 11.6 Å². The number of aromatic nitrogens is 2. The lowest BCUT2D eigenvalue weighted by atomic mass is 10.0. The number of hydrogen-bond donors (Lipinski definition) is 3. The molecule has 0 aliphatic carbocycles. The van der Waals surface area contributed by atoms with Crippen molar-refractivity contribution in [3.63, 3.8) is 0 Å². The zero-order chi connectivity index (χ0) is 33.7. The Bertz CT molecular complexity index is 1590. The Morgan fingerprint density at radius 2 is 1.78 bits per heavy atom. The maximum absolute atomic E-state index is 14.7. The van der Waals surface area contributed by atoms with Crippen LogP contribution in [0.4, 0.5) is 18.9 Å². The second-order valence-electron chi connectivity index (χ2n) is 11.3. The predicted octanol–water partition coefficient (Wildman–Crippen LogP) is 2.65. The quantitative estimate of drug-likeness (QED) is 0.290. The van der Waals surface area contributed by atoms with Crippen LogP contribution in [0.25, 0.3) is 11.3 Å². The number of aliphatic hydroxyl groups excluding tert-OH is 1. The number of nitrogens with zero attached hydrogens (tertiary/aromatic N) is 4. The van der Waals surface area contributed by atoms with Gasteiger partial charge in [-0.2, -0.15) is 0 Å². The molecule has 0 radical (unpaired) electrons. The van der Waals surface area contributed by atoms with Gasteiger partial charge in [-0.15, -0.1) is 0 Å². The van der Waals surface area contributed by atoms with Crippen LogP contribution in [0.15, 0.2) is 36.5 Å². The molecule has 2 heterocycles. The minimum atomic E-state index is -3.15. The summed E-state index contributed by atoms with van der Waals surface area (Å²) in [6, 6.07) is 6.87. The number of carbonyl (C=O) groups is 3. The molecule has 0 saturated carbocycles. The van der Waals surface area contributed by atoms with Gasteiger partial charge in [0.05, 0.1) is 49.2 Å². The Hall–Kier alpha value is -4.14. The lowest BCUT2D eigenvalue weighted by Gasteiger charge is -2.35. The van der Waals surface area contributed by atoms with Crippen molar-refractivity contribution in [2.45, 2.75) is 25.4 Å². The second-order valence-corrected chi connectivity index (χ2v) is 11.7. The van der Waals surface area contributed by atoms with Gasteiger partial charge in [0.15, 0.2) is 17.4 Å². The molecule has 1 fully saturated rings. The molecule has 1 aliphatic rings. The third-order valence-corrected chi connectivity index (χ3v) is 8.07. The van der Waals surface area contributed by atoms with E-state index in [9.17, 15) is 32.7 Å². The Balaban J connectivity index is 1.38. The monoisotopic (exact) mass is 665 g/mol. The Morgan fingerprint density at radius 1 is 1.11 bits per heavy atom. The van der Waals surface area contributed by atoms with Crippen molar-refractivity contribution in [1.29, 1.82) is 0 Å². The van der Waals surface area contributed by atoms with Crippen molar-refractivity contribution < 1.29 is 42.3 Å². The Kier molecular flexibility index (Phi) is 11.3. The molecule has 3 amide bonds. The summed E-state index contributed by atoms with van der Waals surface area (Å²) in [6.07, 6.45) is -1.90. The van der Waals surface area contributed by atoms with Crippen molar-refractivity contribution in [2.24, 2.45) is 7.05 Å². The molecule has 11 nitrogen and oxygen atoms in total. The van der Waals surface area contributed by atoms with E-state index in [-0.39, 0.29) is 57.3 Å². The Morgan fingerprint density at radius 3 is 2.39 bits per heavy atom. The van der Waals surface area contributed by atoms with Gasteiger partial charge in [-0.25, -0.2) is 18.2 Å². The average molecular weight is 666 g/mol. The van der Waals surface area contributed by atoms with Crippen LogP contribution in [0.2, 0.25) is 5.02 Å². The van der Waals surface area contributed by atoms with Crippen molar-refractivity contribution in [1.82, 2.24) is 19.4 Å². The largest absolute Gasteiger partial charge is 0.494 e. The standard InChI is InChI=1S/C31H36ClF3N6O5/c1-38(2)17-19(42)6-10-25(43)40-11-13-41(14-12-40)31(45)20-7-5-18(15-22(20)32)37-30(44)29-36-16-23(39(29)3)21-8-9-24(46-4)27(33)26(21)28(34)35/h5,7-9,15-16,19,28,42H,6,10-14,17H2,1-4H3,(H,37,44)/p+1/t19-/m1/s1. The first-order chi connectivity index (χ1) is 21.8. The van der Waals surface area contributed by atoms with Gasteiger partial charge < -0.3 is 34.4 Å². The van der Waals surface area contributed by atoms with Gasteiger partial charge >= 0.3 is 0 Å². The summed E-state index contributed by atoms with van der Waals surface area (Å²) in [5.41, 5.74) is -0.448. The number of anilines is 1. The average Bonchev–Trinajstić information content (AvgIpc) is 3.40. The summed E-state index contributed by atoms with van der Waals surface area (Å²) in [5.74, 6) is -2.75. The van der Waals surface area contributed by atoms with E-state index >= 15 is 0 Å². The summed E-state index contributed by atoms with van der Waals surface area (Å²) >= 11 is 6.43. The van der Waals surface area contributed by atoms with Crippen molar-refractivity contribution >= 4 is 35.0 Å². The van der Waals surface area contributed by atoms with E-state index in [0.29, 0.717) is 39.1 Å². The first-order valence-electron chi connectivity index (χ1n) is 14.6. The predicted molar refractivity (Wildman–Crippen MR) is 165 cm³/mol. The highest BCUT2D eigenvalue weighted by atomic mass is 35.5. The molecule has 1 aromatic heterocycles. The van der Waals surface area contributed by atoms with Crippen LogP contribution in [-0.2, 0) is 11.8 Å². The van der Waals surface area contributed by atoms with Crippen LogP contribution in [0.3, 0.4) is 0 Å². The molecular weight excluding hydrogens is 629 g/mol. The van der Waals surface area contributed by atoms with E-state index in [1.807, 2.05) is 14.1 Å². The number of aliphatic hydroxyl groups is 1. The van der Waals surface area contributed by atoms with Crippen LogP contribution in [-0.4, -0.2) is 102 Å². The zero-order valence-corrected chi connectivity index (χ0v) is 26.7. The smallest absolute Gasteiger partial charge is 0.291 e. The Labute approximate surface area is 269 Å². The highest BCUT2D eigenvalue weighted by Gasteiger charge is 2.28. The number of piperazine rings is 1. The number of hydrogen-bond acceptors (Lipinski definition) is 6. The van der Waals surface area contributed by atoms with E-state index in [0.717, 1.165) is 4.90 Å². The zero-order valence-electron chi connectivity index (χ0n) is 25.9. The SMILES string of the molecule is COc1ccc(-c2cnc(C(=O)Nc3ccc(C(=O)N4CCN(C(=O)CC[C@@H](O)C[NH+](C)C)CC4)c(Cl)c3)n2C)c(C(F)F)c1F. The van der Waals surface area contributed by atoms with E-state index in [1.165, 1.54) is 55.3 Å². The molecule has 3 N–H and O–H groups in total. The number of carbonyl (C=O) groups excluding carboxylic acids is 3. The van der Waals surface area contributed by atoms with Gasteiger partial charge in [0.1, 0.15) is 12.6 Å². The van der Waals surface area contributed by atoms with Crippen molar-refractivity contribution in [3.8, 4) is 17.0 Å². The molecule has 0 bridgehead atoms. The van der Waals surface area contributed by atoms with E-state index in [1.54, 1.807) is 9.80 Å². The fourth-order valence-electron chi connectivity index (χ4n) is 5.34. The van der Waals surface area contributed by atoms with Crippen LogP contribution in [0, 0.1) is 5.82 Å². The summed E-state index contributed by atoms with van der Waals surface area (Å²) in [7, 11) is 6.47. The lowest BCUT2D eigenvalue weighted by Crippen LogP contribution is -3.07. The summed E-state index contributed by atoms with van der Waals surface area (Å²) in [6.45, 7) is 1.91. The fourth-order valence-corrected chi connectivity index (χ4v) is 5.60. The maximum Gasteiger partial charge on any atom is 0.291 e. The van der Waals surface area contributed by atoms with E-state index in [4.69, 9.17) is 16.3 Å². The molecule has 0 spiro atoms. The third-order valence-electron chi connectivity index (χ3n) is 7.76. The minimum absolute atomic E-state index is 0.0662. The molecule has 15 heteroatoms. The number of ether oxygens (including phenoxy) is 1. The number of amides is 3. The van der Waals surface area contributed by atoms with Crippen LogP contribution >= 0.6 is 11.6 Å². The van der Waals surface area contributed by atoms with Gasteiger partial charge in [0.2, 0.25) is 5.91 Å². The van der Waals surface area contributed by atoms with Crippen LogP contribution in [0.1, 0.15) is 45.8 Å².